The summed E-state index contributed by atoms with van der Waals surface area (Å²) in [5.74, 6) is -0.452. The van der Waals surface area contributed by atoms with Crippen LogP contribution in [0.15, 0.2) is 46.0 Å². The summed E-state index contributed by atoms with van der Waals surface area (Å²) < 4.78 is 27.1. The number of amides is 1. The first-order valence-electron chi connectivity index (χ1n) is 8.47. The third-order valence-electron chi connectivity index (χ3n) is 4.57. The van der Waals surface area contributed by atoms with E-state index in [1.54, 1.807) is 29.6 Å². The number of halogens is 1. The molecule has 1 aliphatic rings. The summed E-state index contributed by atoms with van der Waals surface area (Å²) in [6, 6.07) is 10.5. The Morgan fingerprint density at radius 1 is 1.31 bits per heavy atom. The number of rotatable bonds is 5. The van der Waals surface area contributed by atoms with Gasteiger partial charge < -0.3 is 5.32 Å². The van der Waals surface area contributed by atoms with E-state index in [0.29, 0.717) is 28.6 Å². The molecule has 1 fully saturated rings. The van der Waals surface area contributed by atoms with Crippen LogP contribution in [0.3, 0.4) is 0 Å². The van der Waals surface area contributed by atoms with Crippen LogP contribution in [0.1, 0.15) is 31.4 Å². The number of carbonyl (C=O) groups is 1. The molecule has 2 atom stereocenters. The minimum Gasteiger partial charge on any atom is -0.349 e. The molecule has 1 aromatic carbocycles. The fourth-order valence-corrected chi connectivity index (χ4v) is 5.87. The van der Waals surface area contributed by atoms with E-state index >= 15 is 0 Å². The van der Waals surface area contributed by atoms with Crippen molar-refractivity contribution >= 4 is 38.9 Å². The van der Waals surface area contributed by atoms with Crippen LogP contribution in [0.2, 0.25) is 5.02 Å². The Hall–Kier alpha value is -1.41. The summed E-state index contributed by atoms with van der Waals surface area (Å²) in [6.45, 7) is 2.58. The van der Waals surface area contributed by atoms with Gasteiger partial charge in [-0.15, -0.1) is 11.3 Å². The van der Waals surface area contributed by atoms with Gasteiger partial charge in [0.2, 0.25) is 5.91 Å². The number of hydrogen-bond acceptors (Lipinski definition) is 4. The monoisotopic (exact) mass is 412 g/mol. The van der Waals surface area contributed by atoms with E-state index in [1.807, 2.05) is 19.1 Å². The highest BCUT2D eigenvalue weighted by atomic mass is 35.5. The zero-order valence-corrected chi connectivity index (χ0v) is 16.8. The zero-order chi connectivity index (χ0) is 18.7. The summed E-state index contributed by atoms with van der Waals surface area (Å²) in [5.41, 5.74) is 0.960. The SMILES string of the molecule is C[C@@H](NC(=O)[C@H]1CCCN(S(=O)(=O)c2cccs2)C1)c1ccc(Cl)cc1. The van der Waals surface area contributed by atoms with Crippen molar-refractivity contribution in [3.8, 4) is 0 Å². The summed E-state index contributed by atoms with van der Waals surface area (Å²) in [4.78, 5) is 12.7. The number of sulfonamides is 1. The molecule has 1 amide bonds. The summed E-state index contributed by atoms with van der Waals surface area (Å²) in [5, 5.41) is 5.38. The highest BCUT2D eigenvalue weighted by molar-refractivity contribution is 7.91. The first kappa shape index (κ1) is 19.4. The van der Waals surface area contributed by atoms with Crippen LogP contribution in [0.4, 0.5) is 0 Å². The predicted octanol–water partition coefficient (Wildman–Crippen LogP) is 3.68. The smallest absolute Gasteiger partial charge is 0.252 e. The average molecular weight is 413 g/mol. The van der Waals surface area contributed by atoms with Crippen LogP contribution in [-0.2, 0) is 14.8 Å². The maximum absolute atomic E-state index is 12.7. The van der Waals surface area contributed by atoms with Crippen molar-refractivity contribution in [3.05, 3.63) is 52.4 Å². The van der Waals surface area contributed by atoms with Crippen LogP contribution < -0.4 is 5.32 Å². The fraction of sp³-hybridized carbons (Fsp3) is 0.389. The molecule has 8 heteroatoms. The van der Waals surface area contributed by atoms with Crippen molar-refractivity contribution in [2.24, 2.45) is 5.92 Å². The Labute approximate surface area is 163 Å². The van der Waals surface area contributed by atoms with E-state index in [2.05, 4.69) is 5.32 Å². The molecule has 3 rings (SSSR count). The molecule has 5 nitrogen and oxygen atoms in total. The van der Waals surface area contributed by atoms with Crippen LogP contribution in [-0.4, -0.2) is 31.7 Å². The van der Waals surface area contributed by atoms with Gasteiger partial charge in [-0.1, -0.05) is 29.8 Å². The van der Waals surface area contributed by atoms with Crippen molar-refractivity contribution in [2.45, 2.75) is 30.0 Å². The van der Waals surface area contributed by atoms with Gasteiger partial charge in [-0.2, -0.15) is 4.31 Å². The topological polar surface area (TPSA) is 66.5 Å². The lowest BCUT2D eigenvalue weighted by Gasteiger charge is -2.31. The lowest BCUT2D eigenvalue weighted by molar-refractivity contribution is -0.126. The van der Waals surface area contributed by atoms with Crippen LogP contribution >= 0.6 is 22.9 Å². The maximum atomic E-state index is 12.7. The molecule has 0 radical (unpaired) electrons. The van der Waals surface area contributed by atoms with Crippen molar-refractivity contribution in [1.82, 2.24) is 9.62 Å². The molecular weight excluding hydrogens is 392 g/mol. The minimum atomic E-state index is -3.51. The van der Waals surface area contributed by atoms with E-state index in [0.717, 1.165) is 5.56 Å². The highest BCUT2D eigenvalue weighted by Gasteiger charge is 2.34. The van der Waals surface area contributed by atoms with Crippen molar-refractivity contribution < 1.29 is 13.2 Å². The molecule has 140 valence electrons. The maximum Gasteiger partial charge on any atom is 0.252 e. The highest BCUT2D eigenvalue weighted by Crippen LogP contribution is 2.27. The van der Waals surface area contributed by atoms with Gasteiger partial charge in [0.05, 0.1) is 12.0 Å². The molecule has 1 aliphatic heterocycles. The lowest BCUT2D eigenvalue weighted by atomic mass is 9.98. The number of hydrogen-bond donors (Lipinski definition) is 1. The number of piperidine rings is 1. The van der Waals surface area contributed by atoms with Gasteiger partial charge in [-0.25, -0.2) is 8.42 Å². The number of thiophene rings is 1. The van der Waals surface area contributed by atoms with E-state index in [-0.39, 0.29) is 24.4 Å². The Bertz CT molecular complexity index is 851. The largest absolute Gasteiger partial charge is 0.349 e. The summed E-state index contributed by atoms with van der Waals surface area (Å²) >= 11 is 7.10. The predicted molar refractivity (Wildman–Crippen MR) is 104 cm³/mol. The average Bonchev–Trinajstić information content (AvgIpc) is 3.18. The second kappa shape index (κ2) is 8.08. The van der Waals surface area contributed by atoms with Gasteiger partial charge in [-0.3, -0.25) is 4.79 Å². The lowest BCUT2D eigenvalue weighted by Crippen LogP contribution is -2.45. The Kier molecular flexibility index (Phi) is 6.02. The normalized spacial score (nSPS) is 19.8. The van der Waals surface area contributed by atoms with Gasteiger partial charge in [-0.05, 0) is 48.9 Å². The number of benzene rings is 1. The first-order valence-corrected chi connectivity index (χ1v) is 11.2. The second-order valence-corrected chi connectivity index (χ2v) is 9.97. The van der Waals surface area contributed by atoms with E-state index in [1.165, 1.54) is 15.6 Å². The molecule has 2 heterocycles. The van der Waals surface area contributed by atoms with Crippen LogP contribution in [0, 0.1) is 5.92 Å². The second-order valence-electron chi connectivity index (χ2n) is 6.42. The third kappa shape index (κ3) is 4.28. The van der Waals surface area contributed by atoms with E-state index in [9.17, 15) is 13.2 Å². The molecule has 1 aromatic heterocycles. The van der Waals surface area contributed by atoms with Gasteiger partial charge in [0.15, 0.2) is 0 Å². The van der Waals surface area contributed by atoms with E-state index < -0.39 is 10.0 Å². The summed E-state index contributed by atoms with van der Waals surface area (Å²) in [7, 11) is -3.51. The zero-order valence-electron chi connectivity index (χ0n) is 14.4. The molecule has 1 N–H and O–H groups in total. The molecular formula is C18H21ClN2O3S2. The van der Waals surface area contributed by atoms with Crippen LogP contribution in [0.5, 0.6) is 0 Å². The van der Waals surface area contributed by atoms with Gasteiger partial charge in [0, 0.05) is 18.1 Å². The minimum absolute atomic E-state index is 0.112. The molecule has 2 aromatic rings. The van der Waals surface area contributed by atoms with Crippen molar-refractivity contribution in [3.63, 3.8) is 0 Å². The van der Waals surface area contributed by atoms with Crippen molar-refractivity contribution in [1.29, 1.82) is 0 Å². The molecule has 0 aliphatic carbocycles. The van der Waals surface area contributed by atoms with Crippen LogP contribution in [0.25, 0.3) is 0 Å². The van der Waals surface area contributed by atoms with Gasteiger partial charge >= 0.3 is 0 Å². The number of carbonyl (C=O) groups excluding carboxylic acids is 1. The molecule has 26 heavy (non-hydrogen) atoms. The Balaban J connectivity index is 1.65. The van der Waals surface area contributed by atoms with Crippen molar-refractivity contribution in [2.75, 3.05) is 13.1 Å². The fourth-order valence-electron chi connectivity index (χ4n) is 3.08. The Morgan fingerprint density at radius 2 is 2.04 bits per heavy atom. The van der Waals surface area contributed by atoms with Gasteiger partial charge in [0.25, 0.3) is 10.0 Å². The molecule has 1 saturated heterocycles. The molecule has 0 unspecified atom stereocenters. The van der Waals surface area contributed by atoms with Gasteiger partial charge in [0.1, 0.15) is 4.21 Å². The van der Waals surface area contributed by atoms with E-state index in [4.69, 9.17) is 11.6 Å². The summed E-state index contributed by atoms with van der Waals surface area (Å²) in [6.07, 6.45) is 1.37. The number of nitrogens with one attached hydrogen (secondary N) is 1. The Morgan fingerprint density at radius 3 is 2.69 bits per heavy atom. The third-order valence-corrected chi connectivity index (χ3v) is 8.06. The first-order chi connectivity index (χ1) is 12.4. The number of nitrogens with zero attached hydrogens (tertiary/aromatic N) is 1. The quantitative estimate of drug-likeness (QED) is 0.814. The standard InChI is InChI=1S/C18H21ClN2O3S2/c1-13(14-6-8-16(19)9-7-14)20-18(22)15-4-2-10-21(12-15)26(23,24)17-5-3-11-25-17/h3,5-9,11,13,15H,2,4,10,12H2,1H3,(H,20,22)/t13-,15+/m1/s1. The molecule has 0 spiro atoms. The molecule has 0 bridgehead atoms. The molecule has 0 saturated carbocycles.